The van der Waals surface area contributed by atoms with Crippen molar-refractivity contribution in [2.45, 2.75) is 0 Å². The van der Waals surface area contributed by atoms with E-state index in [1.807, 2.05) is 6.07 Å². The number of hydrogen-bond acceptors (Lipinski definition) is 4. The van der Waals surface area contributed by atoms with Crippen LogP contribution in [0.5, 0.6) is 0 Å². The predicted octanol–water partition coefficient (Wildman–Crippen LogP) is 1.81. The van der Waals surface area contributed by atoms with E-state index in [9.17, 15) is 4.79 Å². The molecule has 2 heterocycles. The van der Waals surface area contributed by atoms with E-state index in [0.29, 0.717) is 4.91 Å². The largest absolute Gasteiger partial charge is 0.472 e. The van der Waals surface area contributed by atoms with Crippen molar-refractivity contribution in [3.8, 4) is 0 Å². The number of carbonyl (C=O) groups excluding carboxylic acids is 1. The highest BCUT2D eigenvalue weighted by Crippen LogP contribution is 2.31. The smallest absolute Gasteiger partial charge is 0.266 e. The maximum Gasteiger partial charge on any atom is 0.266 e. The fraction of sp³-hybridized carbons (Fsp3) is 0.200. The number of amides is 1. The Morgan fingerprint density at radius 3 is 2.93 bits per heavy atom. The molecule has 0 bridgehead atoms. The molecule has 0 unspecified atom stereocenters. The summed E-state index contributed by atoms with van der Waals surface area (Å²) in [6.45, 7) is 0. The molecular formula is C10H10N2O2S. The van der Waals surface area contributed by atoms with Gasteiger partial charge in [-0.3, -0.25) is 14.7 Å². The van der Waals surface area contributed by atoms with Gasteiger partial charge < -0.3 is 4.42 Å². The number of furan rings is 1. The van der Waals surface area contributed by atoms with Gasteiger partial charge in [-0.2, -0.15) is 0 Å². The Kier molecular flexibility index (Phi) is 2.64. The summed E-state index contributed by atoms with van der Waals surface area (Å²) in [5.41, 5.74) is 0.886. The number of hydrogen-bond donors (Lipinski definition) is 0. The maximum atomic E-state index is 11.7. The van der Waals surface area contributed by atoms with Crippen molar-refractivity contribution < 1.29 is 9.21 Å². The topological polar surface area (TPSA) is 45.8 Å². The standard InChI is InChI=1S/C10H10N2O2S/c1-11-10-12(2)9(13)8(15-10)5-7-3-4-14-6-7/h3-6H,1-2H3/b8-5+,11-10?. The predicted molar refractivity (Wildman–Crippen MR) is 60.4 cm³/mol. The first kappa shape index (κ1) is 10.0. The minimum atomic E-state index is -0.0261. The van der Waals surface area contributed by atoms with Gasteiger partial charge in [-0.15, -0.1) is 0 Å². The van der Waals surface area contributed by atoms with E-state index >= 15 is 0 Å². The number of amidine groups is 1. The van der Waals surface area contributed by atoms with Gasteiger partial charge in [0, 0.05) is 19.7 Å². The molecule has 15 heavy (non-hydrogen) atoms. The number of nitrogens with zero attached hydrogens (tertiary/aromatic N) is 2. The molecule has 0 aliphatic carbocycles. The van der Waals surface area contributed by atoms with Gasteiger partial charge >= 0.3 is 0 Å². The fourth-order valence-electron chi connectivity index (χ4n) is 1.26. The molecule has 2 rings (SSSR count). The maximum absolute atomic E-state index is 11.7. The molecule has 1 aromatic rings. The lowest BCUT2D eigenvalue weighted by atomic mass is 10.3. The molecule has 4 nitrogen and oxygen atoms in total. The second-order valence-electron chi connectivity index (χ2n) is 3.04. The van der Waals surface area contributed by atoms with Crippen LogP contribution in [0, 0.1) is 0 Å². The summed E-state index contributed by atoms with van der Waals surface area (Å²) in [7, 11) is 3.39. The molecule has 0 saturated carbocycles. The summed E-state index contributed by atoms with van der Waals surface area (Å²) in [6.07, 6.45) is 4.97. The Morgan fingerprint density at radius 1 is 1.60 bits per heavy atom. The number of aliphatic imine (C=N–C) groups is 1. The summed E-state index contributed by atoms with van der Waals surface area (Å²) in [6, 6.07) is 1.81. The number of carbonyl (C=O) groups is 1. The van der Waals surface area contributed by atoms with Gasteiger partial charge in [0.2, 0.25) is 0 Å². The zero-order chi connectivity index (χ0) is 10.8. The fourth-order valence-corrected chi connectivity index (χ4v) is 2.19. The third kappa shape index (κ3) is 1.83. The zero-order valence-corrected chi connectivity index (χ0v) is 9.25. The second kappa shape index (κ2) is 3.94. The van der Waals surface area contributed by atoms with Crippen molar-refractivity contribution in [3.05, 3.63) is 29.1 Å². The molecular weight excluding hydrogens is 212 g/mol. The quantitative estimate of drug-likeness (QED) is 0.681. The molecule has 1 aromatic heterocycles. The minimum Gasteiger partial charge on any atom is -0.472 e. The summed E-state index contributed by atoms with van der Waals surface area (Å²) in [5.74, 6) is -0.0261. The van der Waals surface area contributed by atoms with Gasteiger partial charge in [0.15, 0.2) is 5.17 Å². The van der Waals surface area contributed by atoms with Gasteiger partial charge in [-0.1, -0.05) is 0 Å². The van der Waals surface area contributed by atoms with E-state index in [-0.39, 0.29) is 5.91 Å². The van der Waals surface area contributed by atoms with Crippen LogP contribution in [0.2, 0.25) is 0 Å². The van der Waals surface area contributed by atoms with Crippen LogP contribution < -0.4 is 0 Å². The molecule has 0 atom stereocenters. The third-order valence-corrected chi connectivity index (χ3v) is 3.19. The molecule has 1 amide bonds. The first-order chi connectivity index (χ1) is 7.22. The lowest BCUT2D eigenvalue weighted by molar-refractivity contribution is -0.121. The first-order valence-corrected chi connectivity index (χ1v) is 5.20. The third-order valence-electron chi connectivity index (χ3n) is 2.04. The number of rotatable bonds is 1. The van der Waals surface area contributed by atoms with Crippen LogP contribution in [0.1, 0.15) is 5.56 Å². The van der Waals surface area contributed by atoms with Gasteiger partial charge in [0.1, 0.15) is 0 Å². The van der Waals surface area contributed by atoms with Crippen LogP contribution in [-0.2, 0) is 4.79 Å². The van der Waals surface area contributed by atoms with Crippen molar-refractivity contribution in [3.63, 3.8) is 0 Å². The molecule has 5 heteroatoms. The summed E-state index contributed by atoms with van der Waals surface area (Å²) >= 11 is 1.37. The average Bonchev–Trinajstić information content (AvgIpc) is 2.82. The van der Waals surface area contributed by atoms with E-state index in [1.54, 1.807) is 32.7 Å². The molecule has 0 spiro atoms. The van der Waals surface area contributed by atoms with Gasteiger partial charge in [-0.05, 0) is 23.9 Å². The molecule has 78 valence electrons. The van der Waals surface area contributed by atoms with E-state index < -0.39 is 0 Å². The van der Waals surface area contributed by atoms with Crippen molar-refractivity contribution >= 4 is 28.9 Å². The molecule has 0 radical (unpaired) electrons. The normalized spacial score (nSPS) is 22.0. The summed E-state index contributed by atoms with van der Waals surface area (Å²) in [4.78, 5) is 17.9. The van der Waals surface area contributed by atoms with Crippen LogP contribution in [0.4, 0.5) is 0 Å². The molecule has 1 fully saturated rings. The lowest BCUT2D eigenvalue weighted by Crippen LogP contribution is -2.23. The monoisotopic (exact) mass is 222 g/mol. The van der Waals surface area contributed by atoms with Crippen molar-refractivity contribution in [1.82, 2.24) is 4.90 Å². The van der Waals surface area contributed by atoms with Gasteiger partial charge in [0.05, 0.1) is 17.4 Å². The molecule has 0 aromatic carbocycles. The average molecular weight is 222 g/mol. The lowest BCUT2D eigenvalue weighted by Gasteiger charge is -2.04. The first-order valence-electron chi connectivity index (χ1n) is 4.39. The highest BCUT2D eigenvalue weighted by Gasteiger charge is 2.29. The zero-order valence-electron chi connectivity index (χ0n) is 8.43. The van der Waals surface area contributed by atoms with E-state index in [4.69, 9.17) is 4.42 Å². The van der Waals surface area contributed by atoms with E-state index in [2.05, 4.69) is 4.99 Å². The van der Waals surface area contributed by atoms with Crippen LogP contribution in [0.15, 0.2) is 32.9 Å². The van der Waals surface area contributed by atoms with Crippen molar-refractivity contribution in [2.75, 3.05) is 14.1 Å². The Balaban J connectivity index is 2.30. The van der Waals surface area contributed by atoms with Crippen LogP contribution in [0.25, 0.3) is 6.08 Å². The Labute approximate surface area is 91.7 Å². The molecule has 1 aliphatic heterocycles. The number of likely N-dealkylation sites (N-methyl/N-ethyl adjacent to an activating group) is 1. The Morgan fingerprint density at radius 2 is 2.40 bits per heavy atom. The molecule has 1 aliphatic rings. The van der Waals surface area contributed by atoms with Gasteiger partial charge in [0.25, 0.3) is 5.91 Å². The van der Waals surface area contributed by atoms with Crippen molar-refractivity contribution in [2.24, 2.45) is 4.99 Å². The minimum absolute atomic E-state index is 0.0261. The SMILES string of the molecule is CN=C1S/C(=C/c2ccoc2)C(=O)N1C. The van der Waals surface area contributed by atoms with Crippen LogP contribution >= 0.6 is 11.8 Å². The van der Waals surface area contributed by atoms with E-state index in [0.717, 1.165) is 10.7 Å². The highest BCUT2D eigenvalue weighted by atomic mass is 32.2. The molecule has 0 N–H and O–H groups in total. The summed E-state index contributed by atoms with van der Waals surface area (Å²) < 4.78 is 4.93. The van der Waals surface area contributed by atoms with Crippen molar-refractivity contribution in [1.29, 1.82) is 0 Å². The molecule has 1 saturated heterocycles. The summed E-state index contributed by atoms with van der Waals surface area (Å²) in [5, 5.41) is 0.717. The van der Waals surface area contributed by atoms with Crippen LogP contribution in [-0.4, -0.2) is 30.1 Å². The highest BCUT2D eigenvalue weighted by molar-refractivity contribution is 8.18. The Hall–Kier alpha value is -1.49. The van der Waals surface area contributed by atoms with Gasteiger partial charge in [-0.25, -0.2) is 0 Å². The number of thioether (sulfide) groups is 1. The van der Waals surface area contributed by atoms with Crippen LogP contribution in [0.3, 0.4) is 0 Å². The van der Waals surface area contributed by atoms with E-state index in [1.165, 1.54) is 16.7 Å². The Bertz CT molecular complexity index is 434. The second-order valence-corrected chi connectivity index (χ2v) is 4.05.